The van der Waals surface area contributed by atoms with E-state index in [2.05, 4.69) is 16.7 Å². The number of rotatable bonds is 10. The van der Waals surface area contributed by atoms with Gasteiger partial charge in [-0.1, -0.05) is 30.3 Å². The molecule has 0 spiro atoms. The fourth-order valence-electron chi connectivity index (χ4n) is 3.15. The summed E-state index contributed by atoms with van der Waals surface area (Å²) in [6, 6.07) is 17.8. The lowest BCUT2D eigenvalue weighted by atomic mass is 10.2. The van der Waals surface area contributed by atoms with E-state index in [1.165, 1.54) is 5.56 Å². The van der Waals surface area contributed by atoms with Crippen LogP contribution in [-0.2, 0) is 34.0 Å². The first kappa shape index (κ1) is 20.5. The summed E-state index contributed by atoms with van der Waals surface area (Å²) in [7, 11) is 0. The lowest BCUT2D eigenvalue weighted by Crippen LogP contribution is -2.31. The molecule has 6 heteroatoms. The summed E-state index contributed by atoms with van der Waals surface area (Å²) >= 11 is 0. The van der Waals surface area contributed by atoms with E-state index >= 15 is 0 Å². The number of ether oxygens (including phenoxy) is 1. The number of carbonyl (C=O) groups is 2. The Morgan fingerprint density at radius 3 is 2.55 bits per heavy atom. The van der Waals surface area contributed by atoms with Crippen molar-refractivity contribution in [3.8, 4) is 0 Å². The SMILES string of the molecule is CCOC(=O)CCC(=O)N(Cc1ccco1)Cc1cccn1Cc1ccccc1. The molecule has 0 fully saturated rings. The molecule has 2 aromatic heterocycles. The van der Waals surface area contributed by atoms with Crippen molar-refractivity contribution < 1.29 is 18.7 Å². The number of benzene rings is 1. The molecule has 0 aliphatic rings. The van der Waals surface area contributed by atoms with Crippen molar-refractivity contribution in [2.24, 2.45) is 0 Å². The van der Waals surface area contributed by atoms with Crippen LogP contribution in [0.1, 0.15) is 36.8 Å². The molecular formula is C23H26N2O4. The van der Waals surface area contributed by atoms with Gasteiger partial charge in [0, 0.05) is 24.9 Å². The zero-order valence-electron chi connectivity index (χ0n) is 16.6. The van der Waals surface area contributed by atoms with Gasteiger partial charge >= 0.3 is 5.97 Å². The van der Waals surface area contributed by atoms with Crippen molar-refractivity contribution in [3.63, 3.8) is 0 Å². The number of nitrogens with zero attached hydrogens (tertiary/aromatic N) is 2. The molecule has 1 amide bonds. The van der Waals surface area contributed by atoms with Crippen molar-refractivity contribution in [1.82, 2.24) is 9.47 Å². The largest absolute Gasteiger partial charge is 0.467 e. The lowest BCUT2D eigenvalue weighted by molar-refractivity contribution is -0.146. The van der Waals surface area contributed by atoms with Crippen LogP contribution in [0.5, 0.6) is 0 Å². The number of furan rings is 1. The molecule has 6 nitrogen and oxygen atoms in total. The summed E-state index contributed by atoms with van der Waals surface area (Å²) in [6.07, 6.45) is 3.79. The predicted octanol–water partition coefficient (Wildman–Crippen LogP) is 4.00. The highest BCUT2D eigenvalue weighted by molar-refractivity contribution is 5.81. The molecule has 0 aliphatic carbocycles. The summed E-state index contributed by atoms with van der Waals surface area (Å²) in [4.78, 5) is 26.2. The molecule has 0 N–H and O–H groups in total. The Balaban J connectivity index is 1.70. The van der Waals surface area contributed by atoms with Gasteiger partial charge in [-0.05, 0) is 36.8 Å². The average molecular weight is 394 g/mol. The molecule has 0 bridgehead atoms. The maximum atomic E-state index is 12.8. The number of esters is 1. The van der Waals surface area contributed by atoms with Gasteiger partial charge in [0.15, 0.2) is 0 Å². The first-order valence-electron chi connectivity index (χ1n) is 9.79. The highest BCUT2D eigenvalue weighted by atomic mass is 16.5. The van der Waals surface area contributed by atoms with E-state index in [0.717, 1.165) is 12.2 Å². The topological polar surface area (TPSA) is 64.7 Å². The zero-order chi connectivity index (χ0) is 20.5. The highest BCUT2D eigenvalue weighted by Crippen LogP contribution is 2.15. The van der Waals surface area contributed by atoms with Gasteiger partial charge in [0.2, 0.25) is 5.91 Å². The Morgan fingerprint density at radius 2 is 1.83 bits per heavy atom. The summed E-state index contributed by atoms with van der Waals surface area (Å²) < 4.78 is 12.5. The van der Waals surface area contributed by atoms with Crippen molar-refractivity contribution >= 4 is 11.9 Å². The summed E-state index contributed by atoms with van der Waals surface area (Å²) in [5.74, 6) is 0.240. The Hall–Kier alpha value is -3.28. The minimum absolute atomic E-state index is 0.0757. The molecule has 0 unspecified atom stereocenters. The smallest absolute Gasteiger partial charge is 0.306 e. The van der Waals surface area contributed by atoms with E-state index in [4.69, 9.17) is 9.15 Å². The van der Waals surface area contributed by atoms with Gasteiger partial charge in [-0.3, -0.25) is 9.59 Å². The summed E-state index contributed by atoms with van der Waals surface area (Å²) in [5.41, 5.74) is 2.21. The third-order valence-electron chi connectivity index (χ3n) is 4.60. The number of amides is 1. The number of carbonyl (C=O) groups excluding carboxylic acids is 2. The van der Waals surface area contributed by atoms with Crippen LogP contribution in [-0.4, -0.2) is 28.0 Å². The van der Waals surface area contributed by atoms with E-state index in [1.807, 2.05) is 42.6 Å². The summed E-state index contributed by atoms with van der Waals surface area (Å²) in [5, 5.41) is 0. The first-order chi connectivity index (χ1) is 14.2. The fourth-order valence-corrected chi connectivity index (χ4v) is 3.15. The lowest BCUT2D eigenvalue weighted by Gasteiger charge is -2.23. The van der Waals surface area contributed by atoms with Gasteiger partial charge in [0.1, 0.15) is 5.76 Å². The Bertz CT molecular complexity index is 900. The van der Waals surface area contributed by atoms with E-state index < -0.39 is 0 Å². The van der Waals surface area contributed by atoms with Crippen LogP contribution in [0.3, 0.4) is 0 Å². The second-order valence-electron chi connectivity index (χ2n) is 6.75. The molecule has 3 aromatic rings. The monoisotopic (exact) mass is 394 g/mol. The standard InChI is InChI=1S/C23H26N2O4/c1-2-28-23(27)13-12-22(26)25(18-21-11-7-15-29-21)17-20-10-6-14-24(20)16-19-8-4-3-5-9-19/h3-11,14-15H,2,12-13,16-18H2,1H3. The highest BCUT2D eigenvalue weighted by Gasteiger charge is 2.19. The van der Waals surface area contributed by atoms with Crippen molar-refractivity contribution in [1.29, 1.82) is 0 Å². The van der Waals surface area contributed by atoms with Gasteiger partial charge in [-0.15, -0.1) is 0 Å². The number of hydrogen-bond acceptors (Lipinski definition) is 4. The number of aromatic nitrogens is 1. The molecule has 3 rings (SSSR count). The van der Waals surface area contributed by atoms with Gasteiger partial charge in [-0.2, -0.15) is 0 Å². The molecule has 1 aromatic carbocycles. The maximum Gasteiger partial charge on any atom is 0.306 e. The molecule has 0 radical (unpaired) electrons. The van der Waals surface area contributed by atoms with Gasteiger partial charge in [0.05, 0.1) is 32.4 Å². The van der Waals surface area contributed by atoms with E-state index in [-0.39, 0.29) is 24.7 Å². The van der Waals surface area contributed by atoms with Crippen molar-refractivity contribution in [2.45, 2.75) is 39.4 Å². The Morgan fingerprint density at radius 1 is 1.00 bits per heavy atom. The van der Waals surface area contributed by atoms with Crippen molar-refractivity contribution in [3.05, 3.63) is 84.1 Å². The molecular weight excluding hydrogens is 368 g/mol. The third-order valence-corrected chi connectivity index (χ3v) is 4.60. The molecule has 0 saturated carbocycles. The van der Waals surface area contributed by atoms with Crippen LogP contribution in [0.2, 0.25) is 0 Å². The molecule has 2 heterocycles. The van der Waals surface area contributed by atoms with Crippen molar-refractivity contribution in [2.75, 3.05) is 6.61 Å². The van der Waals surface area contributed by atoms with Crippen LogP contribution >= 0.6 is 0 Å². The van der Waals surface area contributed by atoms with E-state index in [0.29, 0.717) is 25.5 Å². The average Bonchev–Trinajstić information content (AvgIpc) is 3.39. The van der Waals surface area contributed by atoms with Crippen LogP contribution in [0, 0.1) is 0 Å². The Labute approximate surface area is 170 Å². The van der Waals surface area contributed by atoms with Gasteiger partial charge in [0.25, 0.3) is 0 Å². The van der Waals surface area contributed by atoms with E-state index in [1.54, 1.807) is 24.2 Å². The first-order valence-corrected chi connectivity index (χ1v) is 9.79. The maximum absolute atomic E-state index is 12.8. The Kier molecular flexibility index (Phi) is 7.28. The predicted molar refractivity (Wildman–Crippen MR) is 109 cm³/mol. The van der Waals surface area contributed by atoms with Crippen LogP contribution < -0.4 is 0 Å². The second-order valence-corrected chi connectivity index (χ2v) is 6.75. The van der Waals surface area contributed by atoms with Gasteiger partial charge < -0.3 is 18.6 Å². The summed E-state index contributed by atoms with van der Waals surface area (Å²) in [6.45, 7) is 3.59. The minimum Gasteiger partial charge on any atom is -0.467 e. The molecule has 152 valence electrons. The minimum atomic E-state index is -0.355. The number of hydrogen-bond donors (Lipinski definition) is 0. The van der Waals surface area contributed by atoms with Crippen LogP contribution in [0.4, 0.5) is 0 Å². The quantitative estimate of drug-likeness (QED) is 0.488. The van der Waals surface area contributed by atoms with Crippen LogP contribution in [0.25, 0.3) is 0 Å². The zero-order valence-corrected chi connectivity index (χ0v) is 16.6. The second kappa shape index (κ2) is 10.3. The molecule has 0 atom stereocenters. The third kappa shape index (κ3) is 6.10. The van der Waals surface area contributed by atoms with Gasteiger partial charge in [-0.25, -0.2) is 0 Å². The molecule has 0 saturated heterocycles. The normalized spacial score (nSPS) is 10.7. The molecule has 0 aliphatic heterocycles. The molecule has 29 heavy (non-hydrogen) atoms. The van der Waals surface area contributed by atoms with Crippen LogP contribution in [0.15, 0.2) is 71.5 Å². The fraction of sp³-hybridized carbons (Fsp3) is 0.304. The van der Waals surface area contributed by atoms with E-state index in [9.17, 15) is 9.59 Å².